The maximum absolute atomic E-state index is 12.9. The van der Waals surface area contributed by atoms with Crippen molar-refractivity contribution in [1.82, 2.24) is 15.4 Å². The first-order valence-corrected chi connectivity index (χ1v) is 11.5. The number of hydrogen-bond donors (Lipinski definition) is 3. The lowest BCUT2D eigenvalue weighted by Crippen LogP contribution is -2.38. The number of fused-ring (bicyclic) bond motifs is 1. The third kappa shape index (κ3) is 4.93. The Labute approximate surface area is 182 Å². The van der Waals surface area contributed by atoms with Crippen LogP contribution in [0, 0.1) is 5.92 Å². The van der Waals surface area contributed by atoms with Crippen molar-refractivity contribution in [2.75, 3.05) is 7.05 Å². The zero-order valence-electron chi connectivity index (χ0n) is 17.7. The second kappa shape index (κ2) is 9.30. The van der Waals surface area contributed by atoms with E-state index in [1.54, 1.807) is 49.5 Å². The monoisotopic (exact) mass is 442 g/mol. The lowest BCUT2D eigenvalue weighted by atomic mass is 9.98. The van der Waals surface area contributed by atoms with Crippen LogP contribution in [0.4, 0.5) is 0 Å². The number of amidine groups is 1. The second-order valence-corrected chi connectivity index (χ2v) is 9.05. The van der Waals surface area contributed by atoms with Gasteiger partial charge >= 0.3 is 0 Å². The highest BCUT2D eigenvalue weighted by Gasteiger charge is 2.33. The van der Waals surface area contributed by atoms with Crippen molar-refractivity contribution in [3.8, 4) is 0 Å². The van der Waals surface area contributed by atoms with Gasteiger partial charge < -0.3 is 10.6 Å². The number of rotatable bonds is 7. The van der Waals surface area contributed by atoms with Gasteiger partial charge in [-0.05, 0) is 35.7 Å². The molecule has 2 aromatic rings. The third-order valence-electron chi connectivity index (χ3n) is 5.29. The van der Waals surface area contributed by atoms with Crippen LogP contribution in [-0.2, 0) is 21.4 Å². The number of nitrogens with zero attached hydrogens (tertiary/aromatic N) is 1. The van der Waals surface area contributed by atoms with Crippen LogP contribution < -0.4 is 15.4 Å². The molecule has 0 fully saturated rings. The van der Waals surface area contributed by atoms with Gasteiger partial charge in [-0.15, -0.1) is 0 Å². The molecule has 1 aliphatic heterocycles. The molecule has 0 aliphatic carbocycles. The Morgan fingerprint density at radius 3 is 2.42 bits per heavy atom. The Morgan fingerprint density at radius 2 is 1.77 bits per heavy atom. The van der Waals surface area contributed by atoms with Gasteiger partial charge in [-0.25, -0.2) is 8.42 Å². The number of carbonyl (C=O) groups is 2. The molecule has 0 unspecified atom stereocenters. The van der Waals surface area contributed by atoms with Crippen LogP contribution in [-0.4, -0.2) is 39.2 Å². The smallest absolute Gasteiger partial charge is 0.263 e. The fourth-order valence-corrected chi connectivity index (χ4v) is 4.49. The van der Waals surface area contributed by atoms with Crippen molar-refractivity contribution >= 4 is 27.7 Å². The van der Waals surface area contributed by atoms with Gasteiger partial charge in [0.05, 0.1) is 4.90 Å². The van der Waals surface area contributed by atoms with Crippen LogP contribution in [0.5, 0.6) is 0 Å². The van der Waals surface area contributed by atoms with E-state index in [0.29, 0.717) is 17.5 Å². The molecule has 0 bridgehead atoms. The maximum atomic E-state index is 12.9. The van der Waals surface area contributed by atoms with Crippen LogP contribution in [0.1, 0.15) is 41.8 Å². The summed E-state index contributed by atoms with van der Waals surface area (Å²) >= 11 is 0. The van der Waals surface area contributed by atoms with Gasteiger partial charge in [-0.1, -0.05) is 44.5 Å². The number of benzene rings is 2. The number of aliphatic imine (C=N–C) groups is 1. The largest absolute Gasteiger partial charge is 0.355 e. The van der Waals surface area contributed by atoms with Crippen LogP contribution in [0.15, 0.2) is 58.4 Å². The lowest BCUT2D eigenvalue weighted by Gasteiger charge is -2.19. The molecule has 0 aromatic heterocycles. The van der Waals surface area contributed by atoms with Crippen LogP contribution in [0.25, 0.3) is 0 Å². The number of carbonyl (C=O) groups excluding carboxylic acids is 2. The Hall–Kier alpha value is -3.20. The maximum Gasteiger partial charge on any atom is 0.263 e. The summed E-state index contributed by atoms with van der Waals surface area (Å²) in [6, 6.07) is 12.7. The fraction of sp³-hybridized carbons (Fsp3) is 0.318. The predicted octanol–water partition coefficient (Wildman–Crippen LogP) is 1.82. The molecule has 31 heavy (non-hydrogen) atoms. The highest BCUT2D eigenvalue weighted by atomic mass is 32.2. The topological polar surface area (TPSA) is 117 Å². The average molecular weight is 443 g/mol. The van der Waals surface area contributed by atoms with Gasteiger partial charge in [0.25, 0.3) is 15.9 Å². The highest BCUT2D eigenvalue weighted by Crippen LogP contribution is 2.24. The minimum Gasteiger partial charge on any atom is -0.355 e. The first-order valence-electron chi connectivity index (χ1n) is 10.1. The van der Waals surface area contributed by atoms with Gasteiger partial charge in [0, 0.05) is 24.7 Å². The molecule has 2 amide bonds. The van der Waals surface area contributed by atoms with Gasteiger partial charge in [0.1, 0.15) is 11.9 Å². The van der Waals surface area contributed by atoms with E-state index in [4.69, 9.17) is 0 Å². The standard InChI is InChI=1S/C22H26N4O4S/c1-4-14(2)19(25-20-17-7-5-6-8-18(17)31(29,30)26-20)22(28)24-13-15-9-11-16(12-10-15)21(27)23-3/h5-12,14,19H,4,13H2,1-3H3,(H,23,27)(H,24,28)(H,25,26)/t14-,19-/m0/s1. The quantitative estimate of drug-likeness (QED) is 0.606. The van der Waals surface area contributed by atoms with Crippen molar-refractivity contribution in [2.24, 2.45) is 10.9 Å². The SMILES string of the molecule is CC[C@H](C)[C@H](N=C1NS(=O)(=O)c2ccccc21)C(=O)NCc1ccc(C(=O)NC)cc1. The molecule has 0 saturated carbocycles. The molecule has 0 radical (unpaired) electrons. The number of nitrogens with one attached hydrogen (secondary N) is 3. The molecule has 1 aliphatic rings. The Morgan fingerprint density at radius 1 is 1.10 bits per heavy atom. The molecule has 2 aromatic carbocycles. The molecular formula is C22H26N4O4S. The second-order valence-electron chi connectivity index (χ2n) is 7.40. The molecule has 164 valence electrons. The van der Waals surface area contributed by atoms with Gasteiger partial charge in [0.2, 0.25) is 5.91 Å². The summed E-state index contributed by atoms with van der Waals surface area (Å²) in [4.78, 5) is 29.2. The minimum atomic E-state index is -3.67. The van der Waals surface area contributed by atoms with Crippen molar-refractivity contribution in [3.05, 3.63) is 65.2 Å². The van der Waals surface area contributed by atoms with Gasteiger partial charge in [0.15, 0.2) is 0 Å². The normalized spacial score (nSPS) is 17.3. The molecule has 0 spiro atoms. The minimum absolute atomic E-state index is 0.0969. The summed E-state index contributed by atoms with van der Waals surface area (Å²) < 4.78 is 27.1. The van der Waals surface area contributed by atoms with E-state index in [9.17, 15) is 18.0 Å². The molecule has 3 rings (SSSR count). The molecule has 9 heteroatoms. The predicted molar refractivity (Wildman–Crippen MR) is 118 cm³/mol. The average Bonchev–Trinajstić information content (AvgIpc) is 3.05. The summed E-state index contributed by atoms with van der Waals surface area (Å²) in [6.07, 6.45) is 0.699. The van der Waals surface area contributed by atoms with Crippen LogP contribution in [0.3, 0.4) is 0 Å². The summed E-state index contributed by atoms with van der Waals surface area (Å²) in [7, 11) is -2.11. The van der Waals surface area contributed by atoms with E-state index >= 15 is 0 Å². The van der Waals surface area contributed by atoms with Crippen molar-refractivity contribution in [3.63, 3.8) is 0 Å². The van der Waals surface area contributed by atoms with E-state index in [1.165, 1.54) is 6.07 Å². The van der Waals surface area contributed by atoms with Gasteiger partial charge in [-0.2, -0.15) is 0 Å². The van der Waals surface area contributed by atoms with E-state index in [-0.39, 0.29) is 35.0 Å². The lowest BCUT2D eigenvalue weighted by molar-refractivity contribution is -0.123. The van der Waals surface area contributed by atoms with Crippen molar-refractivity contribution in [1.29, 1.82) is 0 Å². The first-order chi connectivity index (χ1) is 14.8. The Balaban J connectivity index is 1.78. The number of amides is 2. The zero-order chi connectivity index (χ0) is 22.6. The molecule has 3 N–H and O–H groups in total. The summed E-state index contributed by atoms with van der Waals surface area (Å²) in [5.74, 6) is -0.380. The summed E-state index contributed by atoms with van der Waals surface area (Å²) in [6.45, 7) is 4.13. The first kappa shape index (κ1) is 22.5. The van der Waals surface area contributed by atoms with Crippen molar-refractivity contribution < 1.29 is 18.0 Å². The molecule has 1 heterocycles. The Bertz CT molecular complexity index is 1110. The number of hydrogen-bond acceptors (Lipinski definition) is 5. The molecular weight excluding hydrogens is 416 g/mol. The van der Waals surface area contributed by atoms with E-state index < -0.39 is 16.1 Å². The molecule has 0 saturated heterocycles. The van der Waals surface area contributed by atoms with Gasteiger partial charge in [-0.3, -0.25) is 19.3 Å². The number of sulfonamides is 1. The molecule has 2 atom stereocenters. The zero-order valence-corrected chi connectivity index (χ0v) is 18.5. The van der Waals surface area contributed by atoms with Crippen LogP contribution >= 0.6 is 0 Å². The Kier molecular flexibility index (Phi) is 6.74. The fourth-order valence-electron chi connectivity index (χ4n) is 3.25. The van der Waals surface area contributed by atoms with E-state index in [1.807, 2.05) is 13.8 Å². The summed E-state index contributed by atoms with van der Waals surface area (Å²) in [5.41, 5.74) is 1.84. The molecule has 8 nitrogen and oxygen atoms in total. The van der Waals surface area contributed by atoms with E-state index in [0.717, 1.165) is 5.56 Å². The van der Waals surface area contributed by atoms with Crippen molar-refractivity contribution in [2.45, 2.75) is 37.8 Å². The van der Waals surface area contributed by atoms with E-state index in [2.05, 4.69) is 20.3 Å². The summed E-state index contributed by atoms with van der Waals surface area (Å²) in [5, 5.41) is 5.43. The highest BCUT2D eigenvalue weighted by molar-refractivity contribution is 7.90. The third-order valence-corrected chi connectivity index (χ3v) is 6.69. The van der Waals surface area contributed by atoms with Crippen LogP contribution in [0.2, 0.25) is 0 Å².